The van der Waals surface area contributed by atoms with Gasteiger partial charge in [-0.05, 0) is 98.8 Å². The van der Waals surface area contributed by atoms with Crippen LogP contribution in [-0.2, 0) is 4.79 Å². The lowest BCUT2D eigenvalue weighted by Crippen LogP contribution is -2.55. The van der Waals surface area contributed by atoms with Gasteiger partial charge in [-0.3, -0.25) is 4.79 Å². The van der Waals surface area contributed by atoms with Gasteiger partial charge in [0.05, 0.1) is 6.10 Å². The van der Waals surface area contributed by atoms with Crippen LogP contribution >= 0.6 is 0 Å². The van der Waals surface area contributed by atoms with Crippen LogP contribution in [0.4, 0.5) is 0 Å². The number of aliphatic hydroxyl groups excluding tert-OH is 1. The molecule has 0 amide bonds. The van der Waals surface area contributed by atoms with Crippen molar-refractivity contribution in [2.45, 2.75) is 84.3 Å². The van der Waals surface area contributed by atoms with Gasteiger partial charge in [0.15, 0.2) is 0 Å². The summed E-state index contributed by atoms with van der Waals surface area (Å²) in [6, 6.07) is 0.495. The highest BCUT2D eigenvalue weighted by atomic mass is 16.3. The van der Waals surface area contributed by atoms with E-state index >= 15 is 0 Å². The summed E-state index contributed by atoms with van der Waals surface area (Å²) >= 11 is 0. The zero-order valence-electron chi connectivity index (χ0n) is 17.6. The van der Waals surface area contributed by atoms with Crippen LogP contribution in [0, 0.1) is 39.4 Å². The Morgan fingerprint density at radius 1 is 1.11 bits per heavy atom. The van der Waals surface area contributed by atoms with Crippen LogP contribution in [-0.4, -0.2) is 30.1 Å². The number of carbonyl (C=O) groups is 1. The summed E-state index contributed by atoms with van der Waals surface area (Å²) in [5.74, 6) is 1.38. The SMILES string of the molecule is C=C1[C@@H](NC)CC[C@]23C[C@@]24CC[C@]2(C)[C@@H](C(C)=O)[C@@H](O)C[C@@]2(C)[C@@H]4CC[C@H]13. The number of hydrogen-bond donors (Lipinski definition) is 2. The molecule has 150 valence electrons. The highest BCUT2D eigenvalue weighted by molar-refractivity contribution is 5.80. The predicted molar refractivity (Wildman–Crippen MR) is 107 cm³/mol. The molecule has 0 aromatic carbocycles. The lowest BCUT2D eigenvalue weighted by molar-refractivity contribution is -0.141. The zero-order valence-corrected chi connectivity index (χ0v) is 17.6. The number of aliphatic hydroxyl groups is 1. The average Bonchev–Trinajstić information content (AvgIpc) is 3.20. The number of hydrogen-bond acceptors (Lipinski definition) is 3. The summed E-state index contributed by atoms with van der Waals surface area (Å²) in [6.07, 6.45) is 9.19. The second-order valence-corrected chi connectivity index (χ2v) is 11.3. The van der Waals surface area contributed by atoms with Gasteiger partial charge < -0.3 is 10.4 Å². The Hall–Kier alpha value is -0.670. The van der Waals surface area contributed by atoms with Crippen LogP contribution in [0.25, 0.3) is 0 Å². The Bertz CT molecular complexity index is 717. The number of ketones is 1. The van der Waals surface area contributed by atoms with Gasteiger partial charge in [-0.2, -0.15) is 0 Å². The lowest BCUT2D eigenvalue weighted by Gasteiger charge is -2.61. The van der Waals surface area contributed by atoms with Crippen molar-refractivity contribution in [3.63, 3.8) is 0 Å². The largest absolute Gasteiger partial charge is 0.392 e. The third kappa shape index (κ3) is 1.85. The summed E-state index contributed by atoms with van der Waals surface area (Å²) in [5.41, 5.74) is 2.45. The van der Waals surface area contributed by atoms with Crippen molar-refractivity contribution in [1.82, 2.24) is 5.32 Å². The van der Waals surface area contributed by atoms with Gasteiger partial charge in [-0.1, -0.05) is 26.0 Å². The van der Waals surface area contributed by atoms with Crippen LogP contribution in [0.15, 0.2) is 12.2 Å². The standard InChI is InChI=1S/C24H37NO2/c1-14-16-6-7-19-22(4)12-18(27)20(15(2)26)21(22,3)10-11-24(19)13-23(16,24)9-8-17(14)25-5/h16-20,25,27H,1,6-13H2,2-5H3/t16-,17+,18+,19+,20+,21-,22+,23-,24-/m1/s1. The summed E-state index contributed by atoms with van der Waals surface area (Å²) in [5, 5.41) is 14.4. The van der Waals surface area contributed by atoms with E-state index in [1.54, 1.807) is 6.92 Å². The minimum atomic E-state index is -0.449. The van der Waals surface area contributed by atoms with Gasteiger partial charge in [-0.15, -0.1) is 0 Å². The maximum absolute atomic E-state index is 12.5. The smallest absolute Gasteiger partial charge is 0.136 e. The maximum atomic E-state index is 12.5. The van der Waals surface area contributed by atoms with E-state index in [0.29, 0.717) is 28.7 Å². The molecule has 5 aliphatic carbocycles. The first-order valence-corrected chi connectivity index (χ1v) is 11.2. The number of fused-ring (bicyclic) bond motifs is 2. The molecule has 5 rings (SSSR count). The van der Waals surface area contributed by atoms with Gasteiger partial charge in [0.2, 0.25) is 0 Å². The van der Waals surface area contributed by atoms with E-state index in [2.05, 4.69) is 32.8 Å². The molecule has 0 radical (unpaired) electrons. The van der Waals surface area contributed by atoms with Crippen molar-refractivity contribution in [3.05, 3.63) is 12.2 Å². The molecule has 9 atom stereocenters. The second kappa shape index (κ2) is 5.27. The van der Waals surface area contributed by atoms with Crippen LogP contribution < -0.4 is 5.32 Å². The Labute approximate surface area is 164 Å². The number of likely N-dealkylation sites (N-methyl/N-ethyl adjacent to an activating group) is 1. The fourth-order valence-electron chi connectivity index (χ4n) is 9.75. The maximum Gasteiger partial charge on any atom is 0.136 e. The Kier molecular flexibility index (Phi) is 3.59. The molecule has 0 aliphatic heterocycles. The first kappa shape index (κ1) is 18.4. The summed E-state index contributed by atoms with van der Waals surface area (Å²) in [4.78, 5) is 12.5. The number of rotatable bonds is 2. The Balaban J connectivity index is 1.53. The normalized spacial score (nSPS) is 58.7. The van der Waals surface area contributed by atoms with Crippen molar-refractivity contribution < 1.29 is 9.90 Å². The van der Waals surface area contributed by atoms with Gasteiger partial charge in [0.1, 0.15) is 5.78 Å². The highest BCUT2D eigenvalue weighted by Gasteiger charge is 2.81. The lowest BCUT2D eigenvalue weighted by atomic mass is 9.43. The second-order valence-electron chi connectivity index (χ2n) is 11.3. The minimum absolute atomic E-state index is 0.0377. The molecule has 2 N–H and O–H groups in total. The summed E-state index contributed by atoms with van der Waals surface area (Å²) < 4.78 is 0. The van der Waals surface area contributed by atoms with E-state index in [4.69, 9.17) is 0 Å². The van der Waals surface area contributed by atoms with Crippen molar-refractivity contribution in [2.24, 2.45) is 39.4 Å². The van der Waals surface area contributed by atoms with Gasteiger partial charge >= 0.3 is 0 Å². The first-order valence-electron chi connectivity index (χ1n) is 11.2. The topological polar surface area (TPSA) is 49.3 Å². The molecule has 0 bridgehead atoms. The van der Waals surface area contributed by atoms with E-state index in [1.807, 2.05) is 0 Å². The van der Waals surface area contributed by atoms with E-state index in [-0.39, 0.29) is 22.5 Å². The van der Waals surface area contributed by atoms with Crippen LogP contribution in [0.1, 0.15) is 72.1 Å². The van der Waals surface area contributed by atoms with Crippen molar-refractivity contribution in [1.29, 1.82) is 0 Å². The molecule has 0 aromatic heterocycles. The van der Waals surface area contributed by atoms with Crippen LogP contribution in [0.5, 0.6) is 0 Å². The molecule has 3 nitrogen and oxygen atoms in total. The third-order valence-electron chi connectivity index (χ3n) is 11.0. The van der Waals surface area contributed by atoms with Crippen molar-refractivity contribution in [2.75, 3.05) is 7.05 Å². The molecule has 0 saturated heterocycles. The predicted octanol–water partition coefficient (Wildman–Crippen LogP) is 4.10. The number of carbonyl (C=O) groups excluding carboxylic acids is 1. The first-order chi connectivity index (χ1) is 12.7. The number of nitrogens with one attached hydrogen (secondary N) is 1. The van der Waals surface area contributed by atoms with E-state index in [0.717, 1.165) is 12.8 Å². The summed E-state index contributed by atoms with van der Waals surface area (Å²) in [6.45, 7) is 11.0. The van der Waals surface area contributed by atoms with E-state index in [9.17, 15) is 9.90 Å². The molecule has 0 heterocycles. The highest BCUT2D eigenvalue weighted by Crippen LogP contribution is 2.87. The molecule has 5 fully saturated rings. The monoisotopic (exact) mass is 371 g/mol. The fourth-order valence-corrected chi connectivity index (χ4v) is 9.75. The zero-order chi connectivity index (χ0) is 19.4. The molecular weight excluding hydrogens is 334 g/mol. The molecule has 5 aliphatic rings. The van der Waals surface area contributed by atoms with Crippen molar-refractivity contribution >= 4 is 5.78 Å². The summed E-state index contributed by atoms with van der Waals surface area (Å²) in [7, 11) is 2.08. The molecule has 0 aromatic rings. The number of Topliss-reactive ketones (excluding diaryl/α,β-unsaturated/α-hetero) is 1. The van der Waals surface area contributed by atoms with E-state index in [1.165, 1.54) is 44.1 Å². The van der Waals surface area contributed by atoms with E-state index < -0.39 is 6.10 Å². The molecule has 2 spiro atoms. The van der Waals surface area contributed by atoms with Crippen molar-refractivity contribution in [3.8, 4) is 0 Å². The minimum Gasteiger partial charge on any atom is -0.392 e. The van der Waals surface area contributed by atoms with Crippen LogP contribution in [0.2, 0.25) is 0 Å². The quantitative estimate of drug-likeness (QED) is 0.719. The molecular formula is C24H37NO2. The Morgan fingerprint density at radius 3 is 2.52 bits per heavy atom. The fraction of sp³-hybridized carbons (Fsp3) is 0.875. The molecule has 0 unspecified atom stereocenters. The molecule has 27 heavy (non-hydrogen) atoms. The van der Waals surface area contributed by atoms with Gasteiger partial charge in [0.25, 0.3) is 0 Å². The van der Waals surface area contributed by atoms with Crippen LogP contribution in [0.3, 0.4) is 0 Å². The Morgan fingerprint density at radius 2 is 1.85 bits per heavy atom. The van der Waals surface area contributed by atoms with Gasteiger partial charge in [-0.25, -0.2) is 0 Å². The van der Waals surface area contributed by atoms with Gasteiger partial charge in [0, 0.05) is 12.0 Å². The molecule has 5 saturated carbocycles. The third-order valence-corrected chi connectivity index (χ3v) is 11.0. The average molecular weight is 372 g/mol. The molecule has 3 heteroatoms.